The maximum atomic E-state index is 12.3. The molecule has 0 aromatic heterocycles. The van der Waals surface area contributed by atoms with Crippen LogP contribution in [0.3, 0.4) is 0 Å². The first-order chi connectivity index (χ1) is 11.8. The van der Waals surface area contributed by atoms with Crippen LogP contribution in [0.2, 0.25) is 0 Å². The molecule has 2 amide bonds. The van der Waals surface area contributed by atoms with Crippen molar-refractivity contribution < 1.29 is 27.9 Å². The van der Waals surface area contributed by atoms with E-state index in [-0.39, 0.29) is 21.0 Å². The Hall–Kier alpha value is -2.07. The van der Waals surface area contributed by atoms with Crippen molar-refractivity contribution in [2.45, 2.75) is 43.4 Å². The number of rotatable bonds is 7. The first kappa shape index (κ1) is 22.0. The highest BCUT2D eigenvalue weighted by molar-refractivity contribution is 8.00. The van der Waals surface area contributed by atoms with E-state index in [9.17, 15) is 22.8 Å². The average molecular weight is 402 g/mol. The number of aromatic carboxylic acids is 1. The Morgan fingerprint density at radius 1 is 1.15 bits per heavy atom. The molecule has 0 saturated carbocycles. The van der Waals surface area contributed by atoms with Crippen molar-refractivity contribution in [3.05, 3.63) is 29.8 Å². The number of carbonyl (C=O) groups is 3. The molecule has 1 rings (SSSR count). The Kier molecular flexibility index (Phi) is 7.22. The zero-order valence-electron chi connectivity index (χ0n) is 14.9. The third kappa shape index (κ3) is 7.04. The van der Waals surface area contributed by atoms with Crippen LogP contribution in [0.1, 0.15) is 38.1 Å². The molecule has 144 valence electrons. The number of nitrogens with one attached hydrogen (secondary N) is 2. The normalized spacial score (nSPS) is 12.9. The van der Waals surface area contributed by atoms with Crippen molar-refractivity contribution in [1.82, 2.24) is 10.0 Å². The van der Waals surface area contributed by atoms with Crippen LogP contribution in [0.15, 0.2) is 29.2 Å². The minimum Gasteiger partial charge on any atom is -0.478 e. The minimum absolute atomic E-state index is 0.0759. The van der Waals surface area contributed by atoms with E-state index in [0.29, 0.717) is 0 Å². The molecule has 0 bridgehead atoms. The molecular weight excluding hydrogens is 380 g/mol. The molecule has 1 atom stereocenters. The SMILES string of the molecule is CC(=O)N[C@@H](CSC(C)(C)C)C(=O)NS(=O)(=O)c1ccc(C(=O)O)cc1. The second-order valence-electron chi connectivity index (χ2n) is 6.48. The highest BCUT2D eigenvalue weighted by atomic mass is 32.2. The van der Waals surface area contributed by atoms with Gasteiger partial charge in [-0.1, -0.05) is 20.8 Å². The molecule has 0 radical (unpaired) electrons. The summed E-state index contributed by atoms with van der Waals surface area (Å²) in [7, 11) is -4.19. The molecule has 0 spiro atoms. The van der Waals surface area contributed by atoms with E-state index in [4.69, 9.17) is 5.11 Å². The number of carboxylic acids is 1. The molecule has 10 heteroatoms. The summed E-state index contributed by atoms with van der Waals surface area (Å²) in [6, 6.07) is 3.42. The third-order valence-electron chi connectivity index (χ3n) is 3.02. The minimum atomic E-state index is -4.19. The molecule has 0 fully saturated rings. The summed E-state index contributed by atoms with van der Waals surface area (Å²) in [4.78, 5) is 34.2. The van der Waals surface area contributed by atoms with Gasteiger partial charge in [-0.15, -0.1) is 0 Å². The zero-order chi connectivity index (χ0) is 20.1. The van der Waals surface area contributed by atoms with Crippen LogP contribution in [-0.4, -0.2) is 47.8 Å². The molecule has 3 N–H and O–H groups in total. The monoisotopic (exact) mass is 402 g/mol. The van der Waals surface area contributed by atoms with Crippen molar-refractivity contribution in [2.75, 3.05) is 5.75 Å². The predicted octanol–water partition coefficient (Wildman–Crippen LogP) is 1.23. The lowest BCUT2D eigenvalue weighted by Gasteiger charge is -2.23. The maximum Gasteiger partial charge on any atom is 0.335 e. The number of thioether (sulfide) groups is 1. The summed E-state index contributed by atoms with van der Waals surface area (Å²) < 4.78 is 26.4. The third-order valence-corrected chi connectivity index (χ3v) is 5.75. The summed E-state index contributed by atoms with van der Waals surface area (Å²) in [5.74, 6) is -2.31. The van der Waals surface area contributed by atoms with Crippen LogP contribution in [0.25, 0.3) is 0 Å². The van der Waals surface area contributed by atoms with Crippen LogP contribution in [0, 0.1) is 0 Å². The molecular formula is C16H22N2O6S2. The number of hydrogen-bond donors (Lipinski definition) is 3. The van der Waals surface area contributed by atoms with Gasteiger partial charge in [0.2, 0.25) is 5.91 Å². The van der Waals surface area contributed by atoms with Gasteiger partial charge in [0.1, 0.15) is 6.04 Å². The van der Waals surface area contributed by atoms with Gasteiger partial charge in [-0.25, -0.2) is 17.9 Å². The molecule has 0 aliphatic carbocycles. The number of sulfonamides is 1. The fraction of sp³-hybridized carbons (Fsp3) is 0.438. The van der Waals surface area contributed by atoms with E-state index < -0.39 is 33.8 Å². The van der Waals surface area contributed by atoms with Crippen LogP contribution in [0.5, 0.6) is 0 Å². The van der Waals surface area contributed by atoms with Gasteiger partial charge in [0.05, 0.1) is 10.5 Å². The van der Waals surface area contributed by atoms with E-state index in [0.717, 1.165) is 24.3 Å². The van der Waals surface area contributed by atoms with Crippen molar-refractivity contribution in [3.63, 3.8) is 0 Å². The number of hydrogen-bond acceptors (Lipinski definition) is 6. The van der Waals surface area contributed by atoms with Crippen LogP contribution in [0.4, 0.5) is 0 Å². The molecule has 1 aromatic rings. The van der Waals surface area contributed by atoms with Gasteiger partial charge in [-0.2, -0.15) is 11.8 Å². The highest BCUT2D eigenvalue weighted by Crippen LogP contribution is 2.24. The van der Waals surface area contributed by atoms with E-state index >= 15 is 0 Å². The summed E-state index contributed by atoms with van der Waals surface area (Å²) in [6.45, 7) is 7.03. The number of carboxylic acid groups (broad SMARTS) is 1. The smallest absolute Gasteiger partial charge is 0.335 e. The quantitative estimate of drug-likeness (QED) is 0.625. The van der Waals surface area contributed by atoms with Gasteiger partial charge >= 0.3 is 5.97 Å². The fourth-order valence-corrected chi connectivity index (χ4v) is 3.72. The summed E-state index contributed by atoms with van der Waals surface area (Å²) in [5, 5.41) is 11.3. The standard InChI is InChI=1S/C16H22N2O6S2/c1-10(19)17-13(9-25-16(2,3)4)14(20)18-26(23,24)12-7-5-11(6-8-12)15(21)22/h5-8,13H,9H2,1-4H3,(H,17,19)(H,18,20)(H,21,22)/t13-/m0/s1. The number of amides is 2. The Balaban J connectivity index is 2.94. The molecule has 8 nitrogen and oxygen atoms in total. The fourth-order valence-electron chi connectivity index (χ4n) is 1.80. The lowest BCUT2D eigenvalue weighted by molar-refractivity contribution is -0.126. The van der Waals surface area contributed by atoms with Gasteiger partial charge in [-0.05, 0) is 24.3 Å². The van der Waals surface area contributed by atoms with Gasteiger partial charge in [0.15, 0.2) is 0 Å². The predicted molar refractivity (Wildman–Crippen MR) is 98.5 cm³/mol. The van der Waals surface area contributed by atoms with Crippen molar-refractivity contribution in [1.29, 1.82) is 0 Å². The average Bonchev–Trinajstić information content (AvgIpc) is 2.49. The maximum absolute atomic E-state index is 12.3. The molecule has 0 saturated heterocycles. The Labute approximate surface area is 156 Å². The molecule has 0 unspecified atom stereocenters. The second kappa shape index (κ2) is 8.54. The number of benzene rings is 1. The van der Waals surface area contributed by atoms with Crippen LogP contribution >= 0.6 is 11.8 Å². The van der Waals surface area contributed by atoms with Gasteiger partial charge in [0, 0.05) is 17.4 Å². The molecule has 0 aliphatic rings. The van der Waals surface area contributed by atoms with E-state index in [1.807, 2.05) is 25.5 Å². The topological polar surface area (TPSA) is 130 Å². The largest absolute Gasteiger partial charge is 0.478 e. The van der Waals surface area contributed by atoms with E-state index in [2.05, 4.69) is 5.32 Å². The lowest BCUT2D eigenvalue weighted by atomic mass is 10.2. The van der Waals surface area contributed by atoms with E-state index in [1.165, 1.54) is 18.7 Å². The van der Waals surface area contributed by atoms with Gasteiger partial charge in [0.25, 0.3) is 15.9 Å². The van der Waals surface area contributed by atoms with Gasteiger partial charge < -0.3 is 10.4 Å². The Morgan fingerprint density at radius 3 is 2.12 bits per heavy atom. The zero-order valence-corrected chi connectivity index (χ0v) is 16.5. The highest BCUT2D eigenvalue weighted by Gasteiger charge is 2.27. The summed E-state index contributed by atoms with van der Waals surface area (Å²) in [6.07, 6.45) is 0. The first-order valence-corrected chi connectivity index (χ1v) is 10.1. The first-order valence-electron chi connectivity index (χ1n) is 7.63. The lowest BCUT2D eigenvalue weighted by Crippen LogP contribution is -2.49. The van der Waals surface area contributed by atoms with Gasteiger partial charge in [-0.3, -0.25) is 9.59 Å². The molecule has 1 aromatic carbocycles. The second-order valence-corrected chi connectivity index (χ2v) is 10.0. The van der Waals surface area contributed by atoms with Crippen molar-refractivity contribution >= 4 is 39.6 Å². The van der Waals surface area contributed by atoms with Crippen molar-refractivity contribution in [2.24, 2.45) is 0 Å². The molecule has 0 aliphatic heterocycles. The molecule has 0 heterocycles. The molecule has 26 heavy (non-hydrogen) atoms. The summed E-state index contributed by atoms with van der Waals surface area (Å²) in [5.41, 5.74) is -0.0759. The summed E-state index contributed by atoms with van der Waals surface area (Å²) >= 11 is 1.40. The van der Waals surface area contributed by atoms with Crippen LogP contribution < -0.4 is 10.0 Å². The van der Waals surface area contributed by atoms with E-state index in [1.54, 1.807) is 0 Å². The Bertz CT molecular complexity index is 782. The number of carbonyl (C=O) groups excluding carboxylic acids is 2. The van der Waals surface area contributed by atoms with Crippen molar-refractivity contribution in [3.8, 4) is 0 Å². The Morgan fingerprint density at radius 2 is 1.69 bits per heavy atom. The van der Waals surface area contributed by atoms with Crippen LogP contribution in [-0.2, 0) is 19.6 Å².